The van der Waals surface area contributed by atoms with Gasteiger partial charge in [0.2, 0.25) is 0 Å². The molecule has 3 aliphatic rings. The average Bonchev–Trinajstić information content (AvgIpc) is 3.84. The molecule has 0 bridgehead atoms. The number of nitrogens with zero attached hydrogens (tertiary/aromatic N) is 3. The fourth-order valence-electron chi connectivity index (χ4n) is 10.7. The average molecular weight is 795 g/mol. The first-order valence-corrected chi connectivity index (χ1v) is 22.3. The summed E-state index contributed by atoms with van der Waals surface area (Å²) in [7, 11) is 0. The second-order valence-electron chi connectivity index (χ2n) is 18.3. The van der Waals surface area contributed by atoms with Gasteiger partial charge in [0.15, 0.2) is 6.17 Å². The SMILES string of the molecule is CC(C)c1cccc(C(C)C)c1N1C=CN(c2c(C(C)C)cccc2C(C)C)[C]1c1ccc(N2c3ccccc3C3(c4ccccc4-c4ccccc43)c3ccccc32)cc1. The van der Waals surface area contributed by atoms with Crippen molar-refractivity contribution in [1.29, 1.82) is 0 Å². The molecule has 0 saturated carbocycles. The van der Waals surface area contributed by atoms with Crippen molar-refractivity contribution in [2.75, 3.05) is 14.7 Å². The Kier molecular flexibility index (Phi) is 9.55. The van der Waals surface area contributed by atoms with Crippen molar-refractivity contribution < 1.29 is 0 Å². The molecular weight excluding hydrogens is 739 g/mol. The quantitative estimate of drug-likeness (QED) is 0.152. The minimum absolute atomic E-state index is 0.357. The van der Waals surface area contributed by atoms with Crippen LogP contribution in [-0.2, 0) is 5.41 Å². The van der Waals surface area contributed by atoms with Crippen molar-refractivity contribution in [3.8, 4) is 11.1 Å². The third-order valence-electron chi connectivity index (χ3n) is 13.4. The van der Waals surface area contributed by atoms with Gasteiger partial charge in [0.25, 0.3) is 0 Å². The zero-order valence-electron chi connectivity index (χ0n) is 36.8. The summed E-state index contributed by atoms with van der Waals surface area (Å²) in [6.07, 6.45) is 5.78. The standard InChI is InChI=1S/C58H56N3/c1-37(2)43-21-17-22-44(38(3)4)55(43)59-35-36-60(56-45(39(5)6)23-18-24-46(56)40(7)8)57(59)41-31-33-42(34-32-41)61-53-29-15-13-27-51(53)58(52-28-14-16-30-54(52)61)49-25-11-9-19-47(49)48-20-10-12-26-50(48)58/h9-40H,1-8H3. The number of fused-ring (bicyclic) bond motifs is 9. The van der Waals surface area contributed by atoms with Crippen LogP contribution in [-0.4, -0.2) is 0 Å². The van der Waals surface area contributed by atoms with E-state index in [2.05, 4.69) is 240 Å². The van der Waals surface area contributed by atoms with Gasteiger partial charge < -0.3 is 14.7 Å². The summed E-state index contributed by atoms with van der Waals surface area (Å²) in [6, 6.07) is 59.4. The molecule has 303 valence electrons. The molecule has 7 aromatic carbocycles. The van der Waals surface area contributed by atoms with E-state index < -0.39 is 5.41 Å². The molecule has 1 radical (unpaired) electrons. The molecule has 2 heterocycles. The second kappa shape index (κ2) is 15.0. The fourth-order valence-corrected chi connectivity index (χ4v) is 10.7. The number of hydrogen-bond donors (Lipinski definition) is 0. The van der Waals surface area contributed by atoms with Crippen LogP contribution in [0, 0.1) is 6.17 Å². The summed E-state index contributed by atoms with van der Waals surface area (Å²) in [6.45, 7) is 18.6. The third-order valence-corrected chi connectivity index (χ3v) is 13.4. The topological polar surface area (TPSA) is 9.72 Å². The molecule has 0 unspecified atom stereocenters. The zero-order valence-corrected chi connectivity index (χ0v) is 36.8. The van der Waals surface area contributed by atoms with E-state index in [1.54, 1.807) is 0 Å². The largest absolute Gasteiger partial charge is 0.314 e. The van der Waals surface area contributed by atoms with E-state index in [4.69, 9.17) is 0 Å². The Balaban J connectivity index is 1.16. The molecule has 7 aromatic rings. The van der Waals surface area contributed by atoms with Crippen molar-refractivity contribution >= 4 is 28.4 Å². The van der Waals surface area contributed by atoms with Crippen LogP contribution >= 0.6 is 0 Å². The second-order valence-corrected chi connectivity index (χ2v) is 18.3. The summed E-state index contributed by atoms with van der Waals surface area (Å²) >= 11 is 0. The van der Waals surface area contributed by atoms with Crippen molar-refractivity contribution in [3.63, 3.8) is 0 Å². The van der Waals surface area contributed by atoms with Crippen LogP contribution < -0.4 is 14.7 Å². The highest BCUT2D eigenvalue weighted by Gasteiger charge is 2.51. The maximum absolute atomic E-state index is 2.49. The molecular formula is C58H56N3. The van der Waals surface area contributed by atoms with E-state index in [1.807, 2.05) is 0 Å². The highest BCUT2D eigenvalue weighted by atomic mass is 15.4. The van der Waals surface area contributed by atoms with Crippen LogP contribution in [0.2, 0.25) is 0 Å². The molecule has 3 nitrogen and oxygen atoms in total. The number of benzene rings is 7. The Hall–Kier alpha value is -6.32. The highest BCUT2D eigenvalue weighted by molar-refractivity contribution is 5.96. The molecule has 0 saturated heterocycles. The Morgan fingerprint density at radius 3 is 1.11 bits per heavy atom. The van der Waals surface area contributed by atoms with Gasteiger partial charge in [0, 0.05) is 23.7 Å². The maximum Gasteiger partial charge on any atom is 0.195 e. The monoisotopic (exact) mass is 794 g/mol. The van der Waals surface area contributed by atoms with E-state index in [0.29, 0.717) is 23.7 Å². The van der Waals surface area contributed by atoms with E-state index in [0.717, 1.165) is 11.9 Å². The van der Waals surface area contributed by atoms with E-state index >= 15 is 0 Å². The molecule has 2 aliphatic heterocycles. The predicted molar refractivity (Wildman–Crippen MR) is 258 cm³/mol. The van der Waals surface area contributed by atoms with Crippen LogP contribution in [0.4, 0.5) is 28.4 Å². The number of anilines is 5. The minimum atomic E-state index is -0.432. The number of rotatable bonds is 8. The normalized spacial score (nSPS) is 15.0. The van der Waals surface area contributed by atoms with Crippen molar-refractivity contribution in [2.45, 2.75) is 84.5 Å². The van der Waals surface area contributed by atoms with Gasteiger partial charge in [-0.2, -0.15) is 0 Å². The Morgan fingerprint density at radius 2 is 0.721 bits per heavy atom. The highest BCUT2D eigenvalue weighted by Crippen LogP contribution is 2.63. The Bertz CT molecular complexity index is 2580. The first-order valence-electron chi connectivity index (χ1n) is 22.3. The van der Waals surface area contributed by atoms with E-state index in [1.165, 1.54) is 83.9 Å². The lowest BCUT2D eigenvalue weighted by molar-refractivity contribution is 0.752. The first kappa shape index (κ1) is 38.9. The van der Waals surface area contributed by atoms with E-state index in [9.17, 15) is 0 Å². The minimum Gasteiger partial charge on any atom is -0.314 e. The van der Waals surface area contributed by atoms with Gasteiger partial charge in [-0.25, -0.2) is 0 Å². The maximum atomic E-state index is 2.49. The van der Waals surface area contributed by atoms with Gasteiger partial charge in [-0.1, -0.05) is 189 Å². The summed E-state index contributed by atoms with van der Waals surface area (Å²) in [5.74, 6) is 1.43. The van der Waals surface area contributed by atoms with Crippen molar-refractivity contribution in [1.82, 2.24) is 0 Å². The Morgan fingerprint density at radius 1 is 0.361 bits per heavy atom. The van der Waals surface area contributed by atoms with Crippen LogP contribution in [0.1, 0.15) is 129 Å². The van der Waals surface area contributed by atoms with Crippen LogP contribution in [0.15, 0.2) is 170 Å². The summed E-state index contributed by atoms with van der Waals surface area (Å²) in [4.78, 5) is 7.47. The van der Waals surface area contributed by atoms with Gasteiger partial charge in [-0.15, -0.1) is 0 Å². The molecule has 0 amide bonds. The first-order chi connectivity index (χ1) is 29.6. The lowest BCUT2D eigenvalue weighted by Crippen LogP contribution is -2.36. The summed E-state index contributed by atoms with van der Waals surface area (Å²) < 4.78 is 0. The molecule has 0 N–H and O–H groups in total. The molecule has 0 fully saturated rings. The summed E-state index contributed by atoms with van der Waals surface area (Å²) in [5, 5.41) is 0. The molecule has 61 heavy (non-hydrogen) atoms. The van der Waals surface area contributed by atoms with Crippen LogP contribution in [0.25, 0.3) is 11.1 Å². The number of hydrogen-bond acceptors (Lipinski definition) is 3. The van der Waals surface area contributed by atoms with Crippen molar-refractivity contribution in [3.05, 3.63) is 226 Å². The number of para-hydroxylation sites is 4. The van der Waals surface area contributed by atoms with Gasteiger partial charge in [-0.3, -0.25) is 0 Å². The fraction of sp³-hybridized carbons (Fsp3) is 0.224. The molecule has 10 rings (SSSR count). The van der Waals surface area contributed by atoms with Crippen LogP contribution in [0.3, 0.4) is 0 Å². The molecule has 0 atom stereocenters. The molecule has 0 aromatic heterocycles. The smallest absolute Gasteiger partial charge is 0.195 e. The summed E-state index contributed by atoms with van der Waals surface area (Å²) in [5.41, 5.74) is 20.3. The van der Waals surface area contributed by atoms with Gasteiger partial charge in [-0.05, 0) is 104 Å². The molecule has 1 spiro atoms. The Labute approximate surface area is 363 Å². The molecule has 3 heteroatoms. The van der Waals surface area contributed by atoms with Crippen LogP contribution in [0.5, 0.6) is 0 Å². The van der Waals surface area contributed by atoms with Gasteiger partial charge >= 0.3 is 0 Å². The van der Waals surface area contributed by atoms with E-state index in [-0.39, 0.29) is 0 Å². The van der Waals surface area contributed by atoms with Crippen molar-refractivity contribution in [2.24, 2.45) is 0 Å². The predicted octanol–water partition coefficient (Wildman–Crippen LogP) is 15.7. The van der Waals surface area contributed by atoms with Gasteiger partial charge in [0.05, 0.1) is 28.2 Å². The molecule has 1 aliphatic carbocycles. The third kappa shape index (κ3) is 5.84. The lowest BCUT2D eigenvalue weighted by Gasteiger charge is -2.45. The lowest BCUT2D eigenvalue weighted by atomic mass is 9.64. The van der Waals surface area contributed by atoms with Gasteiger partial charge in [0.1, 0.15) is 0 Å². The zero-order chi connectivity index (χ0) is 42.2.